The smallest absolute Gasteiger partial charge is 0.322 e. The SMILES string of the molecule is O=C(O)CNc1ccn2nccc2n1. The Labute approximate surface area is 79.2 Å². The van der Waals surface area contributed by atoms with Crippen molar-refractivity contribution in [2.75, 3.05) is 11.9 Å². The zero-order valence-corrected chi connectivity index (χ0v) is 7.21. The highest BCUT2D eigenvalue weighted by molar-refractivity contribution is 5.72. The maximum atomic E-state index is 10.3. The lowest BCUT2D eigenvalue weighted by Crippen LogP contribution is -2.13. The van der Waals surface area contributed by atoms with Crippen molar-refractivity contribution < 1.29 is 9.90 Å². The Morgan fingerprint density at radius 2 is 2.43 bits per heavy atom. The maximum Gasteiger partial charge on any atom is 0.322 e. The van der Waals surface area contributed by atoms with Gasteiger partial charge in [-0.1, -0.05) is 0 Å². The molecule has 0 spiro atoms. The van der Waals surface area contributed by atoms with E-state index in [1.165, 1.54) is 0 Å². The molecule has 0 unspecified atom stereocenters. The van der Waals surface area contributed by atoms with Gasteiger partial charge in [0.15, 0.2) is 5.65 Å². The predicted molar refractivity (Wildman–Crippen MR) is 49.1 cm³/mol. The zero-order valence-electron chi connectivity index (χ0n) is 7.21. The van der Waals surface area contributed by atoms with E-state index in [1.807, 2.05) is 0 Å². The quantitative estimate of drug-likeness (QED) is 0.727. The molecule has 0 aliphatic heterocycles. The van der Waals surface area contributed by atoms with Crippen LogP contribution in [0.15, 0.2) is 24.5 Å². The molecule has 0 atom stereocenters. The molecule has 2 N–H and O–H groups in total. The second-order valence-electron chi connectivity index (χ2n) is 2.69. The third kappa shape index (κ3) is 1.63. The summed E-state index contributed by atoms with van der Waals surface area (Å²) in [5.74, 6) is -0.388. The number of fused-ring (bicyclic) bond motifs is 1. The van der Waals surface area contributed by atoms with E-state index < -0.39 is 5.97 Å². The van der Waals surface area contributed by atoms with Gasteiger partial charge in [-0.25, -0.2) is 9.50 Å². The Bertz CT molecular complexity index is 465. The Morgan fingerprint density at radius 1 is 1.57 bits per heavy atom. The largest absolute Gasteiger partial charge is 0.480 e. The third-order valence-electron chi connectivity index (χ3n) is 1.68. The molecule has 2 aromatic heterocycles. The van der Waals surface area contributed by atoms with Crippen molar-refractivity contribution in [3.05, 3.63) is 24.5 Å². The summed E-state index contributed by atoms with van der Waals surface area (Å²) >= 11 is 0. The van der Waals surface area contributed by atoms with Gasteiger partial charge in [-0.15, -0.1) is 0 Å². The van der Waals surface area contributed by atoms with Crippen LogP contribution in [0.25, 0.3) is 5.65 Å². The van der Waals surface area contributed by atoms with Gasteiger partial charge in [0.25, 0.3) is 0 Å². The summed E-state index contributed by atoms with van der Waals surface area (Å²) in [5.41, 5.74) is 0.681. The molecule has 0 amide bonds. The molecule has 72 valence electrons. The highest BCUT2D eigenvalue weighted by atomic mass is 16.4. The van der Waals surface area contributed by atoms with Gasteiger partial charge in [0.1, 0.15) is 12.4 Å². The van der Waals surface area contributed by atoms with E-state index in [4.69, 9.17) is 5.11 Å². The Kier molecular flexibility index (Phi) is 2.02. The van der Waals surface area contributed by atoms with Crippen LogP contribution in [-0.4, -0.2) is 32.2 Å². The number of hydrogen-bond acceptors (Lipinski definition) is 4. The molecule has 0 aromatic carbocycles. The molecule has 0 saturated carbocycles. The van der Waals surface area contributed by atoms with E-state index >= 15 is 0 Å². The average Bonchev–Trinajstić information content (AvgIpc) is 2.61. The minimum Gasteiger partial charge on any atom is -0.480 e. The van der Waals surface area contributed by atoms with E-state index in [1.54, 1.807) is 29.0 Å². The Balaban J connectivity index is 2.21. The minimum absolute atomic E-state index is 0.142. The molecule has 0 fully saturated rings. The molecule has 0 saturated heterocycles. The van der Waals surface area contributed by atoms with Crippen molar-refractivity contribution in [3.8, 4) is 0 Å². The number of carbonyl (C=O) groups is 1. The van der Waals surface area contributed by atoms with Crippen LogP contribution in [0.5, 0.6) is 0 Å². The van der Waals surface area contributed by atoms with Crippen LogP contribution in [-0.2, 0) is 4.79 Å². The van der Waals surface area contributed by atoms with Crippen molar-refractivity contribution in [2.24, 2.45) is 0 Å². The summed E-state index contributed by atoms with van der Waals surface area (Å²) < 4.78 is 1.60. The summed E-state index contributed by atoms with van der Waals surface area (Å²) in [7, 11) is 0. The number of aliphatic carboxylic acids is 1. The van der Waals surface area contributed by atoms with Crippen molar-refractivity contribution in [1.29, 1.82) is 0 Å². The summed E-state index contributed by atoms with van der Waals surface area (Å²) in [6, 6.07) is 3.41. The van der Waals surface area contributed by atoms with Gasteiger partial charge in [-0.2, -0.15) is 5.10 Å². The molecule has 0 aliphatic carbocycles. The fraction of sp³-hybridized carbons (Fsp3) is 0.125. The van der Waals surface area contributed by atoms with E-state index in [0.717, 1.165) is 0 Å². The fourth-order valence-corrected chi connectivity index (χ4v) is 1.08. The van der Waals surface area contributed by atoms with Crippen LogP contribution in [0.1, 0.15) is 0 Å². The van der Waals surface area contributed by atoms with Crippen LogP contribution in [0.4, 0.5) is 5.82 Å². The van der Waals surface area contributed by atoms with Gasteiger partial charge < -0.3 is 10.4 Å². The average molecular weight is 192 g/mol. The first-order chi connectivity index (χ1) is 6.75. The maximum absolute atomic E-state index is 10.3. The van der Waals surface area contributed by atoms with Gasteiger partial charge in [-0.05, 0) is 6.07 Å². The number of carboxylic acid groups (broad SMARTS) is 1. The van der Waals surface area contributed by atoms with E-state index in [9.17, 15) is 4.79 Å². The number of carboxylic acids is 1. The van der Waals surface area contributed by atoms with Crippen molar-refractivity contribution in [1.82, 2.24) is 14.6 Å². The lowest BCUT2D eigenvalue weighted by atomic mass is 10.5. The normalized spacial score (nSPS) is 10.3. The molecule has 0 aliphatic rings. The van der Waals surface area contributed by atoms with Crippen LogP contribution in [0.2, 0.25) is 0 Å². The number of nitrogens with one attached hydrogen (secondary N) is 1. The van der Waals surface area contributed by atoms with Gasteiger partial charge in [0.2, 0.25) is 0 Å². The molecule has 6 nitrogen and oxygen atoms in total. The highest BCUT2D eigenvalue weighted by Crippen LogP contribution is 2.04. The number of nitrogens with zero attached hydrogens (tertiary/aromatic N) is 3. The first-order valence-corrected chi connectivity index (χ1v) is 4.02. The zero-order chi connectivity index (χ0) is 9.97. The lowest BCUT2D eigenvalue weighted by Gasteiger charge is -2.01. The first-order valence-electron chi connectivity index (χ1n) is 4.02. The molecule has 0 radical (unpaired) electrons. The minimum atomic E-state index is -0.916. The van der Waals surface area contributed by atoms with Crippen LogP contribution < -0.4 is 5.32 Å². The molecule has 14 heavy (non-hydrogen) atoms. The number of rotatable bonds is 3. The van der Waals surface area contributed by atoms with Gasteiger partial charge >= 0.3 is 5.97 Å². The molecular weight excluding hydrogens is 184 g/mol. The highest BCUT2D eigenvalue weighted by Gasteiger charge is 1.99. The van der Waals surface area contributed by atoms with Crippen LogP contribution in [0, 0.1) is 0 Å². The van der Waals surface area contributed by atoms with Crippen molar-refractivity contribution in [3.63, 3.8) is 0 Å². The van der Waals surface area contributed by atoms with Gasteiger partial charge in [0.05, 0.1) is 6.20 Å². The Hall–Kier alpha value is -2.11. The lowest BCUT2D eigenvalue weighted by molar-refractivity contribution is -0.134. The molecule has 2 rings (SSSR count). The molecule has 2 aromatic rings. The van der Waals surface area contributed by atoms with E-state index in [2.05, 4.69) is 15.4 Å². The second kappa shape index (κ2) is 3.33. The van der Waals surface area contributed by atoms with Crippen LogP contribution >= 0.6 is 0 Å². The molecule has 0 bridgehead atoms. The van der Waals surface area contributed by atoms with E-state index in [0.29, 0.717) is 11.5 Å². The number of anilines is 1. The second-order valence-corrected chi connectivity index (χ2v) is 2.69. The number of hydrogen-bond donors (Lipinski definition) is 2. The third-order valence-corrected chi connectivity index (χ3v) is 1.68. The van der Waals surface area contributed by atoms with Crippen molar-refractivity contribution in [2.45, 2.75) is 0 Å². The standard InChI is InChI=1S/C8H8N4O2/c13-8(14)5-9-6-2-4-12-7(11-6)1-3-10-12/h1-4H,5H2,(H,9,11)(H,13,14). The fourth-order valence-electron chi connectivity index (χ4n) is 1.08. The van der Waals surface area contributed by atoms with Gasteiger partial charge in [0, 0.05) is 12.3 Å². The summed E-state index contributed by atoms with van der Waals surface area (Å²) in [5, 5.41) is 15.1. The summed E-state index contributed by atoms with van der Waals surface area (Å²) in [6.45, 7) is -0.142. The summed E-state index contributed by atoms with van der Waals surface area (Å²) in [6.07, 6.45) is 3.34. The molecule has 6 heteroatoms. The molecular formula is C8H8N4O2. The Morgan fingerprint density at radius 3 is 3.21 bits per heavy atom. The van der Waals surface area contributed by atoms with Crippen molar-refractivity contribution >= 4 is 17.4 Å². The summed E-state index contributed by atoms with van der Waals surface area (Å²) in [4.78, 5) is 14.4. The van der Waals surface area contributed by atoms with E-state index in [-0.39, 0.29) is 6.54 Å². The van der Waals surface area contributed by atoms with Crippen LogP contribution in [0.3, 0.4) is 0 Å². The molecule has 2 heterocycles. The number of aromatic nitrogens is 3. The van der Waals surface area contributed by atoms with Gasteiger partial charge in [-0.3, -0.25) is 4.79 Å². The topological polar surface area (TPSA) is 79.5 Å². The first kappa shape index (κ1) is 8.49. The predicted octanol–water partition coefficient (Wildman–Crippen LogP) is 0.226. The monoisotopic (exact) mass is 192 g/mol.